The summed E-state index contributed by atoms with van der Waals surface area (Å²) in [5, 5.41) is 2.98. The molecule has 2 aromatic rings. The summed E-state index contributed by atoms with van der Waals surface area (Å²) in [5.74, 6) is 0.780. The fourth-order valence-corrected chi connectivity index (χ4v) is 3.87. The predicted molar refractivity (Wildman–Crippen MR) is 93.1 cm³/mol. The summed E-state index contributed by atoms with van der Waals surface area (Å²) in [7, 11) is 0. The molecule has 0 unspecified atom stereocenters. The maximum atomic E-state index is 2.44. The minimum Gasteiger partial charge on any atom is -0.0646 e. The van der Waals surface area contributed by atoms with Crippen LogP contribution in [0.15, 0.2) is 36.4 Å². The van der Waals surface area contributed by atoms with Gasteiger partial charge in [0.25, 0.3) is 0 Å². The summed E-state index contributed by atoms with van der Waals surface area (Å²) >= 11 is 0. The highest BCUT2D eigenvalue weighted by Gasteiger charge is 2.23. The monoisotopic (exact) mass is 280 g/mol. The van der Waals surface area contributed by atoms with Gasteiger partial charge in [-0.05, 0) is 52.5 Å². The minimum absolute atomic E-state index is 0.255. The van der Waals surface area contributed by atoms with E-state index in [1.54, 1.807) is 5.56 Å². The Kier molecular flexibility index (Phi) is 4.06. The Morgan fingerprint density at radius 2 is 1.57 bits per heavy atom. The van der Waals surface area contributed by atoms with E-state index < -0.39 is 0 Å². The highest BCUT2D eigenvalue weighted by atomic mass is 14.3. The zero-order chi connectivity index (χ0) is 14.9. The second kappa shape index (κ2) is 5.83. The zero-order valence-electron chi connectivity index (χ0n) is 13.8. The van der Waals surface area contributed by atoms with Crippen molar-refractivity contribution in [2.45, 2.75) is 70.6 Å². The minimum atomic E-state index is 0.255. The molecule has 0 bridgehead atoms. The van der Waals surface area contributed by atoms with Gasteiger partial charge in [0.2, 0.25) is 0 Å². The fourth-order valence-electron chi connectivity index (χ4n) is 3.87. The third kappa shape index (κ3) is 2.73. The van der Waals surface area contributed by atoms with E-state index in [1.807, 2.05) is 0 Å². The van der Waals surface area contributed by atoms with Crippen LogP contribution in [0.5, 0.6) is 0 Å². The first-order chi connectivity index (χ1) is 10.1. The number of rotatable bonds is 3. The first-order valence-corrected chi connectivity index (χ1v) is 8.65. The molecule has 21 heavy (non-hydrogen) atoms. The van der Waals surface area contributed by atoms with Gasteiger partial charge >= 0.3 is 0 Å². The van der Waals surface area contributed by atoms with Crippen LogP contribution in [0.1, 0.15) is 76.3 Å². The van der Waals surface area contributed by atoms with Gasteiger partial charge in [-0.25, -0.2) is 0 Å². The van der Waals surface area contributed by atoms with E-state index in [2.05, 4.69) is 57.2 Å². The molecule has 1 aliphatic carbocycles. The second-order valence-electron chi connectivity index (χ2n) is 7.32. The Bertz CT molecular complexity index is 615. The molecule has 2 aromatic carbocycles. The molecule has 3 rings (SSSR count). The number of hydrogen-bond acceptors (Lipinski definition) is 0. The van der Waals surface area contributed by atoms with Crippen LogP contribution < -0.4 is 0 Å². The fraction of sp³-hybridized carbons (Fsp3) is 0.524. The second-order valence-corrected chi connectivity index (χ2v) is 7.32. The maximum absolute atomic E-state index is 2.44. The lowest BCUT2D eigenvalue weighted by Crippen LogP contribution is -2.16. The molecule has 112 valence electrons. The van der Waals surface area contributed by atoms with Crippen LogP contribution in [0.25, 0.3) is 10.8 Å². The van der Waals surface area contributed by atoms with Crippen molar-refractivity contribution >= 4 is 10.8 Å². The molecule has 0 amide bonds. The zero-order valence-corrected chi connectivity index (χ0v) is 13.8. The average Bonchev–Trinajstić information content (AvgIpc) is 2.54. The van der Waals surface area contributed by atoms with Crippen molar-refractivity contribution < 1.29 is 0 Å². The molecule has 0 N–H and O–H groups in total. The summed E-state index contributed by atoms with van der Waals surface area (Å²) < 4.78 is 0. The first kappa shape index (κ1) is 14.6. The molecule has 0 saturated heterocycles. The van der Waals surface area contributed by atoms with E-state index in [1.165, 1.54) is 54.9 Å². The number of hydrogen-bond donors (Lipinski definition) is 0. The molecule has 0 heterocycles. The van der Waals surface area contributed by atoms with Crippen LogP contribution in [0.4, 0.5) is 0 Å². The van der Waals surface area contributed by atoms with E-state index in [4.69, 9.17) is 0 Å². The quantitative estimate of drug-likeness (QED) is 0.596. The Hall–Kier alpha value is -1.30. The Morgan fingerprint density at radius 1 is 0.905 bits per heavy atom. The molecule has 0 atom stereocenters. The van der Waals surface area contributed by atoms with Gasteiger partial charge in [0.1, 0.15) is 0 Å². The predicted octanol–water partition coefficient (Wildman–Crippen LogP) is 6.58. The Morgan fingerprint density at radius 3 is 2.24 bits per heavy atom. The Labute approximate surface area is 129 Å². The van der Waals surface area contributed by atoms with Crippen molar-refractivity contribution in [2.24, 2.45) is 0 Å². The summed E-state index contributed by atoms with van der Waals surface area (Å²) in [6, 6.07) is 13.9. The van der Waals surface area contributed by atoms with E-state index in [0.29, 0.717) is 0 Å². The smallest absolute Gasteiger partial charge is 0.0100 e. The lowest BCUT2D eigenvalue weighted by Gasteiger charge is -2.28. The van der Waals surface area contributed by atoms with Crippen molar-refractivity contribution in [2.75, 3.05) is 0 Å². The van der Waals surface area contributed by atoms with Crippen LogP contribution in [0.3, 0.4) is 0 Å². The van der Waals surface area contributed by atoms with Gasteiger partial charge in [0.05, 0.1) is 0 Å². The van der Waals surface area contributed by atoms with E-state index in [-0.39, 0.29) is 5.41 Å². The van der Waals surface area contributed by atoms with Gasteiger partial charge in [-0.3, -0.25) is 0 Å². The van der Waals surface area contributed by atoms with Crippen molar-refractivity contribution in [3.63, 3.8) is 0 Å². The molecule has 1 fully saturated rings. The molecular formula is C21H28. The largest absolute Gasteiger partial charge is 0.0646 e. The topological polar surface area (TPSA) is 0 Å². The number of benzene rings is 2. The third-order valence-corrected chi connectivity index (χ3v) is 5.62. The highest BCUT2D eigenvalue weighted by Crippen LogP contribution is 2.40. The van der Waals surface area contributed by atoms with Gasteiger partial charge in [0, 0.05) is 0 Å². The maximum Gasteiger partial charge on any atom is -0.0100 e. The molecule has 0 heteroatoms. The third-order valence-electron chi connectivity index (χ3n) is 5.62. The normalized spacial score (nSPS) is 17.3. The molecule has 0 aromatic heterocycles. The molecule has 0 radical (unpaired) electrons. The lowest BCUT2D eigenvalue weighted by molar-refractivity contribution is 0.445. The standard InChI is InChI=1S/C21H28/c1-4-21(2,3)20-15-14-17(16-10-6-5-7-11-16)18-12-8-9-13-19(18)20/h8-9,12-16H,4-7,10-11H2,1-3H3. The molecule has 1 saturated carbocycles. The van der Waals surface area contributed by atoms with Crippen LogP contribution >= 0.6 is 0 Å². The summed E-state index contributed by atoms with van der Waals surface area (Å²) in [6.45, 7) is 7.04. The van der Waals surface area contributed by atoms with Crippen LogP contribution in [-0.4, -0.2) is 0 Å². The van der Waals surface area contributed by atoms with E-state index >= 15 is 0 Å². The van der Waals surface area contributed by atoms with E-state index in [9.17, 15) is 0 Å². The average molecular weight is 280 g/mol. The van der Waals surface area contributed by atoms with Crippen LogP contribution in [-0.2, 0) is 5.41 Å². The molecule has 0 nitrogen and oxygen atoms in total. The van der Waals surface area contributed by atoms with Gasteiger partial charge < -0.3 is 0 Å². The van der Waals surface area contributed by atoms with Gasteiger partial charge in [-0.15, -0.1) is 0 Å². The van der Waals surface area contributed by atoms with Gasteiger partial charge in [-0.2, -0.15) is 0 Å². The summed E-state index contributed by atoms with van der Waals surface area (Å²) in [5.41, 5.74) is 3.37. The summed E-state index contributed by atoms with van der Waals surface area (Å²) in [4.78, 5) is 0. The van der Waals surface area contributed by atoms with Crippen molar-refractivity contribution in [1.82, 2.24) is 0 Å². The lowest BCUT2D eigenvalue weighted by atomic mass is 9.76. The SMILES string of the molecule is CCC(C)(C)c1ccc(C2CCCCC2)c2ccccc12. The molecular weight excluding hydrogens is 252 g/mol. The molecule has 1 aliphatic rings. The highest BCUT2D eigenvalue weighted by molar-refractivity contribution is 5.90. The van der Waals surface area contributed by atoms with Crippen molar-refractivity contribution in [3.8, 4) is 0 Å². The van der Waals surface area contributed by atoms with Crippen molar-refractivity contribution in [1.29, 1.82) is 0 Å². The van der Waals surface area contributed by atoms with Gasteiger partial charge in [0.15, 0.2) is 0 Å². The van der Waals surface area contributed by atoms with Crippen molar-refractivity contribution in [3.05, 3.63) is 47.5 Å². The summed E-state index contributed by atoms with van der Waals surface area (Å²) in [6.07, 6.45) is 8.17. The van der Waals surface area contributed by atoms with E-state index in [0.717, 1.165) is 5.92 Å². The number of fused-ring (bicyclic) bond motifs is 1. The van der Waals surface area contributed by atoms with Crippen LogP contribution in [0.2, 0.25) is 0 Å². The molecule has 0 spiro atoms. The first-order valence-electron chi connectivity index (χ1n) is 8.65. The van der Waals surface area contributed by atoms with Crippen LogP contribution in [0, 0.1) is 0 Å². The molecule has 0 aliphatic heterocycles. The van der Waals surface area contributed by atoms with Gasteiger partial charge in [-0.1, -0.05) is 76.4 Å². The Balaban J connectivity index is 2.14.